The number of rotatable bonds is 7. The zero-order valence-electron chi connectivity index (χ0n) is 16.5. The number of ether oxygens (including phenoxy) is 1. The van der Waals surface area contributed by atoms with Gasteiger partial charge in [-0.3, -0.25) is 20.2 Å². The molecule has 3 rings (SSSR count). The molecular formula is C19H30N6O3. The van der Waals surface area contributed by atoms with Crippen LogP contribution in [-0.4, -0.2) is 46.3 Å². The maximum absolute atomic E-state index is 12.2. The van der Waals surface area contributed by atoms with Gasteiger partial charge >= 0.3 is 6.09 Å². The Hall–Kier alpha value is -2.26. The number of hydrogen-bond donors (Lipinski definition) is 4. The summed E-state index contributed by atoms with van der Waals surface area (Å²) in [7, 11) is 0. The van der Waals surface area contributed by atoms with Gasteiger partial charge in [0.15, 0.2) is 0 Å². The highest BCUT2D eigenvalue weighted by molar-refractivity contribution is 5.78. The summed E-state index contributed by atoms with van der Waals surface area (Å²) in [6.45, 7) is 3.99. The zero-order chi connectivity index (χ0) is 19.9. The highest BCUT2D eigenvalue weighted by atomic mass is 16.6. The van der Waals surface area contributed by atoms with E-state index in [1.165, 1.54) is 0 Å². The summed E-state index contributed by atoms with van der Waals surface area (Å²) in [6, 6.07) is 0.365. The first-order chi connectivity index (χ1) is 13.5. The number of alkyl carbamates (subject to hydrolysis) is 1. The molecule has 2 amide bonds. The summed E-state index contributed by atoms with van der Waals surface area (Å²) in [4.78, 5) is 32.2. The number of carbonyl (C=O) groups excluding carboxylic acids is 2. The van der Waals surface area contributed by atoms with Crippen LogP contribution < -0.4 is 21.5 Å². The summed E-state index contributed by atoms with van der Waals surface area (Å²) in [5.74, 6) is 0.325. The van der Waals surface area contributed by atoms with E-state index < -0.39 is 0 Å². The molecule has 1 aliphatic carbocycles. The molecule has 154 valence electrons. The lowest BCUT2D eigenvalue weighted by Gasteiger charge is -2.19. The summed E-state index contributed by atoms with van der Waals surface area (Å²) in [6.07, 6.45) is 8.87. The van der Waals surface area contributed by atoms with E-state index in [0.29, 0.717) is 11.6 Å². The molecule has 2 fully saturated rings. The van der Waals surface area contributed by atoms with Gasteiger partial charge in [0, 0.05) is 30.7 Å². The smallest absolute Gasteiger partial charge is 0.407 e. The van der Waals surface area contributed by atoms with Gasteiger partial charge < -0.3 is 15.4 Å². The van der Waals surface area contributed by atoms with Crippen LogP contribution >= 0.6 is 0 Å². The Labute approximate surface area is 165 Å². The third kappa shape index (κ3) is 5.87. The molecule has 0 aromatic carbocycles. The number of carbonyl (C=O) groups is 2. The highest BCUT2D eigenvalue weighted by Gasteiger charge is 2.37. The quantitative estimate of drug-likeness (QED) is 0.549. The lowest BCUT2D eigenvalue weighted by Crippen LogP contribution is -2.45. The standard InChI is InChI=1S/C19H30N6O3/c1-3-12(2)22-19(27)28-15-5-4-13(8-15)16-10-17(25-24-16)23-18(26)9-14-11-20-6-7-21-14/h6-7,11-13,15-17,24-25H,3-5,8-10H2,1-2H3,(H,22,27)(H,23,26)/t12-,13-,15+,16?,17?/m0/s1. The van der Waals surface area contributed by atoms with E-state index in [2.05, 4.69) is 31.5 Å². The second kappa shape index (κ2) is 9.79. The van der Waals surface area contributed by atoms with Gasteiger partial charge in [-0.2, -0.15) is 0 Å². The molecule has 0 spiro atoms. The molecule has 9 nitrogen and oxygen atoms in total. The van der Waals surface area contributed by atoms with Gasteiger partial charge in [0.05, 0.1) is 18.3 Å². The monoisotopic (exact) mass is 390 g/mol. The number of hydrazine groups is 1. The second-order valence-electron chi connectivity index (χ2n) is 7.68. The average molecular weight is 390 g/mol. The summed E-state index contributed by atoms with van der Waals surface area (Å²) >= 11 is 0. The first-order valence-corrected chi connectivity index (χ1v) is 10.1. The minimum absolute atomic E-state index is 0.0406. The van der Waals surface area contributed by atoms with Gasteiger partial charge in [-0.15, -0.1) is 0 Å². The number of nitrogens with one attached hydrogen (secondary N) is 4. The average Bonchev–Trinajstić information content (AvgIpc) is 3.31. The molecule has 0 radical (unpaired) electrons. The fraction of sp³-hybridized carbons (Fsp3) is 0.684. The molecule has 4 N–H and O–H groups in total. The fourth-order valence-corrected chi connectivity index (χ4v) is 3.75. The molecule has 1 saturated carbocycles. The van der Waals surface area contributed by atoms with Crippen LogP contribution in [0.25, 0.3) is 0 Å². The van der Waals surface area contributed by atoms with E-state index in [1.54, 1.807) is 18.6 Å². The molecule has 1 saturated heterocycles. The number of nitrogens with zero attached hydrogens (tertiary/aromatic N) is 2. The van der Waals surface area contributed by atoms with Crippen molar-refractivity contribution in [1.29, 1.82) is 0 Å². The van der Waals surface area contributed by atoms with E-state index >= 15 is 0 Å². The van der Waals surface area contributed by atoms with Crippen molar-refractivity contribution in [2.24, 2.45) is 5.92 Å². The van der Waals surface area contributed by atoms with Crippen LogP contribution in [0.1, 0.15) is 51.6 Å². The molecule has 9 heteroatoms. The van der Waals surface area contributed by atoms with E-state index in [0.717, 1.165) is 32.1 Å². The van der Waals surface area contributed by atoms with Gasteiger partial charge in [0.1, 0.15) is 6.10 Å². The zero-order valence-corrected chi connectivity index (χ0v) is 16.5. The Kier molecular flexibility index (Phi) is 7.16. The first kappa shape index (κ1) is 20.5. The Bertz CT molecular complexity index is 658. The van der Waals surface area contributed by atoms with Crippen molar-refractivity contribution in [3.05, 3.63) is 24.3 Å². The highest BCUT2D eigenvalue weighted by Crippen LogP contribution is 2.32. The van der Waals surface area contributed by atoms with Crippen molar-refractivity contribution in [3.63, 3.8) is 0 Å². The molecule has 1 aromatic rings. The molecule has 2 aliphatic rings. The molecular weight excluding hydrogens is 360 g/mol. The second-order valence-corrected chi connectivity index (χ2v) is 7.68. The minimum Gasteiger partial charge on any atom is -0.446 e. The van der Waals surface area contributed by atoms with Crippen LogP contribution in [0.15, 0.2) is 18.6 Å². The summed E-state index contributed by atoms with van der Waals surface area (Å²) in [5.41, 5.74) is 7.08. The van der Waals surface area contributed by atoms with E-state index in [-0.39, 0.29) is 42.8 Å². The minimum atomic E-state index is -0.327. The van der Waals surface area contributed by atoms with Gasteiger partial charge in [-0.05, 0) is 44.9 Å². The SMILES string of the molecule is CC[C@H](C)NC(=O)O[C@@H]1CC[C@H](C2CC(NC(=O)Cc3cnccn3)NN2)C1. The molecule has 1 aliphatic heterocycles. The Morgan fingerprint density at radius 3 is 2.89 bits per heavy atom. The van der Waals surface area contributed by atoms with E-state index in [9.17, 15) is 9.59 Å². The van der Waals surface area contributed by atoms with Crippen LogP contribution in [0, 0.1) is 5.92 Å². The molecule has 2 unspecified atom stereocenters. The molecule has 5 atom stereocenters. The number of aromatic nitrogens is 2. The predicted molar refractivity (Wildman–Crippen MR) is 103 cm³/mol. The van der Waals surface area contributed by atoms with Crippen molar-refractivity contribution in [3.8, 4) is 0 Å². The van der Waals surface area contributed by atoms with Crippen LogP contribution in [0.5, 0.6) is 0 Å². The van der Waals surface area contributed by atoms with E-state index in [1.807, 2.05) is 13.8 Å². The first-order valence-electron chi connectivity index (χ1n) is 10.1. The van der Waals surface area contributed by atoms with Crippen LogP contribution in [0.2, 0.25) is 0 Å². The Morgan fingerprint density at radius 1 is 1.29 bits per heavy atom. The lowest BCUT2D eigenvalue weighted by atomic mass is 9.96. The number of hydrogen-bond acceptors (Lipinski definition) is 7. The van der Waals surface area contributed by atoms with Crippen molar-refractivity contribution >= 4 is 12.0 Å². The van der Waals surface area contributed by atoms with Crippen LogP contribution in [0.4, 0.5) is 4.79 Å². The normalized spacial score (nSPS) is 27.9. The van der Waals surface area contributed by atoms with Gasteiger partial charge in [0.25, 0.3) is 0 Å². The van der Waals surface area contributed by atoms with Crippen LogP contribution in [0.3, 0.4) is 0 Å². The third-order valence-corrected chi connectivity index (χ3v) is 5.47. The predicted octanol–water partition coefficient (Wildman–Crippen LogP) is 1.02. The van der Waals surface area contributed by atoms with Crippen molar-refractivity contribution < 1.29 is 14.3 Å². The lowest BCUT2D eigenvalue weighted by molar-refractivity contribution is -0.121. The van der Waals surface area contributed by atoms with E-state index in [4.69, 9.17) is 4.74 Å². The molecule has 1 aromatic heterocycles. The van der Waals surface area contributed by atoms with Gasteiger partial charge in [-0.1, -0.05) is 6.92 Å². The third-order valence-electron chi connectivity index (χ3n) is 5.47. The largest absolute Gasteiger partial charge is 0.446 e. The fourth-order valence-electron chi connectivity index (χ4n) is 3.75. The summed E-state index contributed by atoms with van der Waals surface area (Å²) < 4.78 is 5.55. The molecule has 28 heavy (non-hydrogen) atoms. The van der Waals surface area contributed by atoms with Gasteiger partial charge in [0.2, 0.25) is 5.91 Å². The number of amides is 2. The van der Waals surface area contributed by atoms with Crippen molar-refractivity contribution in [2.75, 3.05) is 0 Å². The van der Waals surface area contributed by atoms with Crippen molar-refractivity contribution in [1.82, 2.24) is 31.5 Å². The Balaban J connectivity index is 1.38. The maximum Gasteiger partial charge on any atom is 0.407 e. The topological polar surface area (TPSA) is 117 Å². The Morgan fingerprint density at radius 2 is 2.14 bits per heavy atom. The van der Waals surface area contributed by atoms with Crippen molar-refractivity contribution in [2.45, 2.75) is 76.7 Å². The van der Waals surface area contributed by atoms with Crippen LogP contribution in [-0.2, 0) is 16.0 Å². The molecule has 0 bridgehead atoms. The summed E-state index contributed by atoms with van der Waals surface area (Å²) in [5, 5.41) is 5.82. The maximum atomic E-state index is 12.2. The van der Waals surface area contributed by atoms with Gasteiger partial charge in [-0.25, -0.2) is 10.2 Å². The molecule has 2 heterocycles.